The van der Waals surface area contributed by atoms with Gasteiger partial charge in [0.25, 0.3) is 5.89 Å². The molecular weight excluding hydrogens is 332 g/mol. The summed E-state index contributed by atoms with van der Waals surface area (Å²) >= 11 is 0. The first-order chi connectivity index (χ1) is 12.7. The molecule has 8 heteroatoms. The molecule has 0 aliphatic heterocycles. The second kappa shape index (κ2) is 8.46. The summed E-state index contributed by atoms with van der Waals surface area (Å²) in [6.07, 6.45) is 10.9. The van der Waals surface area contributed by atoms with Gasteiger partial charge in [0.15, 0.2) is 18.2 Å². The lowest BCUT2D eigenvalue weighted by Crippen LogP contribution is -2.08. The molecule has 0 bridgehead atoms. The van der Waals surface area contributed by atoms with Gasteiger partial charge in [0, 0.05) is 12.1 Å². The van der Waals surface area contributed by atoms with Gasteiger partial charge in [-0.1, -0.05) is 43.7 Å². The average Bonchev–Trinajstić information content (AvgIpc) is 3.11. The van der Waals surface area contributed by atoms with Crippen LogP contribution in [0, 0.1) is 5.92 Å². The van der Waals surface area contributed by atoms with E-state index >= 15 is 0 Å². The first kappa shape index (κ1) is 17.9. The number of nitrogens with one attached hydrogen (secondary N) is 1. The van der Waals surface area contributed by atoms with Crippen molar-refractivity contribution in [2.45, 2.75) is 39.7 Å². The Morgan fingerprint density at radius 1 is 1.38 bits per heavy atom. The van der Waals surface area contributed by atoms with Gasteiger partial charge in [-0.15, -0.1) is 0 Å². The number of aromatic nitrogens is 4. The van der Waals surface area contributed by atoms with Gasteiger partial charge in [-0.05, 0) is 18.8 Å². The number of anilines is 2. The van der Waals surface area contributed by atoms with Crippen molar-refractivity contribution >= 4 is 17.3 Å². The molecule has 26 heavy (non-hydrogen) atoms. The predicted octanol–water partition coefficient (Wildman–Crippen LogP) is 3.21. The van der Waals surface area contributed by atoms with E-state index in [9.17, 15) is 0 Å². The van der Waals surface area contributed by atoms with Crippen LogP contribution in [0.2, 0.25) is 0 Å². The fourth-order valence-corrected chi connectivity index (χ4v) is 2.46. The molecule has 0 radical (unpaired) electrons. The first-order valence-corrected chi connectivity index (χ1v) is 8.86. The van der Waals surface area contributed by atoms with Gasteiger partial charge in [0.1, 0.15) is 0 Å². The Bertz CT molecular complexity index is 799. The molecule has 2 aromatic heterocycles. The number of hydrogen-bond acceptors (Lipinski definition) is 8. The topological polar surface area (TPSA) is 112 Å². The monoisotopic (exact) mass is 356 g/mol. The van der Waals surface area contributed by atoms with Gasteiger partial charge in [0.05, 0.1) is 6.20 Å². The van der Waals surface area contributed by atoms with E-state index in [1.807, 2.05) is 6.08 Å². The zero-order valence-electron chi connectivity index (χ0n) is 15.1. The highest BCUT2D eigenvalue weighted by Gasteiger charge is 2.14. The van der Waals surface area contributed by atoms with Crippen LogP contribution in [-0.4, -0.2) is 26.7 Å². The molecule has 0 amide bonds. The highest BCUT2D eigenvalue weighted by atomic mass is 16.5. The third-order valence-electron chi connectivity index (χ3n) is 3.99. The molecule has 8 nitrogen and oxygen atoms in total. The smallest absolute Gasteiger partial charge is 0.264 e. The molecule has 138 valence electrons. The summed E-state index contributed by atoms with van der Waals surface area (Å²) in [6, 6.07) is 0. The van der Waals surface area contributed by atoms with E-state index in [4.69, 9.17) is 15.0 Å². The van der Waals surface area contributed by atoms with Gasteiger partial charge in [0.2, 0.25) is 11.8 Å². The summed E-state index contributed by atoms with van der Waals surface area (Å²) in [5.74, 6) is 2.77. The summed E-state index contributed by atoms with van der Waals surface area (Å²) in [4.78, 5) is 12.6. The third-order valence-corrected chi connectivity index (χ3v) is 3.99. The lowest BCUT2D eigenvalue weighted by atomic mass is 9.98. The third kappa shape index (κ3) is 4.59. The average molecular weight is 356 g/mol. The summed E-state index contributed by atoms with van der Waals surface area (Å²) < 4.78 is 11.0. The Hall–Kier alpha value is -2.90. The largest absolute Gasteiger partial charge is 0.478 e. The highest BCUT2D eigenvalue weighted by molar-refractivity contribution is 5.70. The van der Waals surface area contributed by atoms with E-state index in [0.29, 0.717) is 29.2 Å². The number of unbranched alkanes of at least 4 members (excludes halogenated alkanes) is 1. The number of allylic oxidation sites excluding steroid dienone is 4. The van der Waals surface area contributed by atoms with E-state index in [0.717, 1.165) is 31.4 Å². The Labute approximate surface area is 152 Å². The fraction of sp³-hybridized carbons (Fsp3) is 0.444. The number of nitrogens with zero attached hydrogens (tertiary/aromatic N) is 4. The van der Waals surface area contributed by atoms with E-state index in [2.05, 4.69) is 51.4 Å². The van der Waals surface area contributed by atoms with Crippen LogP contribution in [0.1, 0.15) is 44.8 Å². The van der Waals surface area contributed by atoms with Crippen molar-refractivity contribution in [1.82, 2.24) is 20.1 Å². The maximum atomic E-state index is 5.75. The van der Waals surface area contributed by atoms with Crippen molar-refractivity contribution in [1.29, 1.82) is 0 Å². The fourth-order valence-electron chi connectivity index (χ4n) is 2.46. The molecule has 2 heterocycles. The molecule has 1 unspecified atom stereocenters. The highest BCUT2D eigenvalue weighted by Crippen LogP contribution is 2.24. The SMILES string of the molecule is CCCCNc1nc(N)ncc1OCc1nc(C2=CCC(C)C=C2)no1. The van der Waals surface area contributed by atoms with Crippen LogP contribution in [0.4, 0.5) is 11.8 Å². The molecule has 3 rings (SSSR count). The van der Waals surface area contributed by atoms with E-state index in [1.54, 1.807) is 6.20 Å². The van der Waals surface area contributed by atoms with Gasteiger partial charge < -0.3 is 20.3 Å². The van der Waals surface area contributed by atoms with Crippen molar-refractivity contribution in [3.05, 3.63) is 36.1 Å². The lowest BCUT2D eigenvalue weighted by Gasteiger charge is -2.11. The summed E-state index contributed by atoms with van der Waals surface area (Å²) in [7, 11) is 0. The molecule has 3 N–H and O–H groups in total. The molecule has 2 aromatic rings. The van der Waals surface area contributed by atoms with Crippen LogP contribution >= 0.6 is 0 Å². The van der Waals surface area contributed by atoms with E-state index in [-0.39, 0.29) is 12.6 Å². The second-order valence-corrected chi connectivity index (χ2v) is 6.25. The van der Waals surface area contributed by atoms with Crippen LogP contribution in [0.5, 0.6) is 5.75 Å². The first-order valence-electron chi connectivity index (χ1n) is 8.86. The molecule has 1 aliphatic rings. The van der Waals surface area contributed by atoms with Crippen molar-refractivity contribution < 1.29 is 9.26 Å². The molecule has 0 aromatic carbocycles. The van der Waals surface area contributed by atoms with E-state index in [1.165, 1.54) is 0 Å². The molecule has 1 atom stereocenters. The molecule has 0 saturated heterocycles. The number of hydrogen-bond donors (Lipinski definition) is 2. The molecule has 0 spiro atoms. The summed E-state index contributed by atoms with van der Waals surface area (Å²) in [5, 5.41) is 7.23. The molecule has 1 aliphatic carbocycles. The Kier molecular flexibility index (Phi) is 5.83. The van der Waals surface area contributed by atoms with Gasteiger partial charge in [-0.3, -0.25) is 0 Å². The van der Waals surface area contributed by atoms with Crippen molar-refractivity contribution in [2.24, 2.45) is 5.92 Å². The quantitative estimate of drug-likeness (QED) is 0.693. The lowest BCUT2D eigenvalue weighted by molar-refractivity contribution is 0.242. The van der Waals surface area contributed by atoms with Gasteiger partial charge >= 0.3 is 0 Å². The zero-order valence-corrected chi connectivity index (χ0v) is 15.1. The van der Waals surface area contributed by atoms with Crippen LogP contribution in [0.25, 0.3) is 5.57 Å². The van der Waals surface area contributed by atoms with Crippen LogP contribution in [0.3, 0.4) is 0 Å². The molecule has 0 fully saturated rings. The van der Waals surface area contributed by atoms with Crippen molar-refractivity contribution in [3.63, 3.8) is 0 Å². The number of nitrogens with two attached hydrogens (primary N) is 1. The van der Waals surface area contributed by atoms with Crippen LogP contribution in [-0.2, 0) is 6.61 Å². The van der Waals surface area contributed by atoms with Crippen LogP contribution < -0.4 is 15.8 Å². The zero-order chi connectivity index (χ0) is 18.4. The van der Waals surface area contributed by atoms with E-state index < -0.39 is 0 Å². The summed E-state index contributed by atoms with van der Waals surface area (Å²) in [5.41, 5.74) is 6.63. The second-order valence-electron chi connectivity index (χ2n) is 6.25. The number of ether oxygens (including phenoxy) is 1. The van der Waals surface area contributed by atoms with Crippen molar-refractivity contribution in [2.75, 3.05) is 17.6 Å². The summed E-state index contributed by atoms with van der Waals surface area (Å²) in [6.45, 7) is 5.21. The number of rotatable bonds is 8. The minimum atomic E-state index is 0.135. The van der Waals surface area contributed by atoms with Crippen molar-refractivity contribution in [3.8, 4) is 5.75 Å². The Balaban J connectivity index is 1.63. The Morgan fingerprint density at radius 3 is 3.04 bits per heavy atom. The number of nitrogen functional groups attached to an aromatic ring is 1. The minimum absolute atomic E-state index is 0.135. The van der Waals surface area contributed by atoms with Crippen LogP contribution in [0.15, 0.2) is 28.9 Å². The van der Waals surface area contributed by atoms with Gasteiger partial charge in [-0.2, -0.15) is 9.97 Å². The minimum Gasteiger partial charge on any atom is -0.478 e. The maximum Gasteiger partial charge on any atom is 0.264 e. The predicted molar refractivity (Wildman–Crippen MR) is 99.4 cm³/mol. The molecular formula is C18H24N6O2. The Morgan fingerprint density at radius 2 is 2.27 bits per heavy atom. The standard InChI is InChI=1S/C18H24N6O2/c1-3-4-9-20-17-14(10-21-18(19)23-17)25-11-15-22-16(24-26-15)13-7-5-12(2)6-8-13/h5,7-8,10,12H,3-4,6,9,11H2,1-2H3,(H3,19,20,21,23). The normalized spacial score (nSPS) is 16.4. The molecule has 0 saturated carbocycles. The maximum absolute atomic E-state index is 5.75. The van der Waals surface area contributed by atoms with Gasteiger partial charge in [-0.25, -0.2) is 4.98 Å².